The van der Waals surface area contributed by atoms with Gasteiger partial charge in [0.1, 0.15) is 0 Å². The van der Waals surface area contributed by atoms with Crippen LogP contribution in [-0.4, -0.2) is 29.2 Å². The summed E-state index contributed by atoms with van der Waals surface area (Å²) in [5, 5.41) is 4.43. The van der Waals surface area contributed by atoms with Gasteiger partial charge < -0.3 is 9.57 Å². The molecule has 0 aromatic carbocycles. The van der Waals surface area contributed by atoms with Gasteiger partial charge in [0.15, 0.2) is 0 Å². The summed E-state index contributed by atoms with van der Waals surface area (Å²) in [5.41, 5.74) is -0.00981. The third-order valence-electron chi connectivity index (χ3n) is 2.85. The van der Waals surface area contributed by atoms with Gasteiger partial charge >= 0.3 is 5.97 Å². The van der Waals surface area contributed by atoms with Crippen LogP contribution in [0.4, 0.5) is 0 Å². The molecule has 0 bridgehead atoms. The fraction of sp³-hybridized carbons (Fsp3) is 0.818. The van der Waals surface area contributed by atoms with E-state index in [9.17, 15) is 4.79 Å². The molecule has 2 atom stereocenters. The molecule has 0 saturated carbocycles. The van der Waals surface area contributed by atoms with E-state index in [-0.39, 0.29) is 5.97 Å². The van der Waals surface area contributed by atoms with Crippen molar-refractivity contribution in [3.05, 3.63) is 0 Å². The summed E-state index contributed by atoms with van der Waals surface area (Å²) in [4.78, 5) is 17.1. The smallest absolute Gasteiger partial charge is 0.354 e. The van der Waals surface area contributed by atoms with Gasteiger partial charge in [0.05, 0.1) is 17.6 Å². The number of rotatable bonds is 5. The van der Waals surface area contributed by atoms with Gasteiger partial charge in [-0.25, -0.2) is 4.79 Å². The first-order valence-corrected chi connectivity index (χ1v) is 6.70. The topological polar surface area (TPSA) is 47.9 Å². The molecule has 0 radical (unpaired) electrons. The highest BCUT2D eigenvalue weighted by Crippen LogP contribution is 2.30. The van der Waals surface area contributed by atoms with Crippen molar-refractivity contribution in [2.24, 2.45) is 11.1 Å². The quantitative estimate of drug-likeness (QED) is 0.578. The molecule has 0 aromatic rings. The second kappa shape index (κ2) is 5.66. The van der Waals surface area contributed by atoms with Crippen molar-refractivity contribution >= 4 is 27.6 Å². The second-order valence-electron chi connectivity index (χ2n) is 4.01. The Balaban J connectivity index is 2.71. The minimum atomic E-state index is -0.950. The van der Waals surface area contributed by atoms with Crippen LogP contribution in [0.15, 0.2) is 5.16 Å². The first-order chi connectivity index (χ1) is 7.59. The molecule has 1 aliphatic heterocycles. The highest BCUT2D eigenvalue weighted by atomic mass is 79.9. The summed E-state index contributed by atoms with van der Waals surface area (Å²) in [7, 11) is 0. The van der Waals surface area contributed by atoms with E-state index < -0.39 is 5.60 Å². The lowest BCUT2D eigenvalue weighted by Crippen LogP contribution is -2.42. The molecule has 0 aliphatic carbocycles. The van der Waals surface area contributed by atoms with Crippen LogP contribution >= 0.6 is 15.9 Å². The maximum Gasteiger partial charge on any atom is 0.354 e. The van der Waals surface area contributed by atoms with Crippen LogP contribution in [0.3, 0.4) is 0 Å². The van der Waals surface area contributed by atoms with Crippen molar-refractivity contribution in [1.82, 2.24) is 0 Å². The molecule has 0 aromatic heterocycles. The minimum Gasteiger partial charge on any atom is -0.463 e. The standard InChI is InChI=1S/C11H18BrNO3/c1-4-8(3)9-6-11(7-12,16-13-9)10(14)15-5-2/h8H,4-7H2,1-3H3. The average molecular weight is 292 g/mol. The maximum absolute atomic E-state index is 11.8. The maximum atomic E-state index is 11.8. The fourth-order valence-electron chi connectivity index (χ4n) is 1.50. The van der Waals surface area contributed by atoms with Gasteiger partial charge in [0.2, 0.25) is 5.60 Å². The van der Waals surface area contributed by atoms with Crippen LogP contribution in [0.2, 0.25) is 0 Å². The monoisotopic (exact) mass is 291 g/mol. The Morgan fingerprint density at radius 1 is 1.69 bits per heavy atom. The van der Waals surface area contributed by atoms with Crippen molar-refractivity contribution in [1.29, 1.82) is 0 Å². The number of halogens is 1. The number of esters is 1. The molecule has 0 spiro atoms. The van der Waals surface area contributed by atoms with E-state index in [1.165, 1.54) is 0 Å². The summed E-state index contributed by atoms with van der Waals surface area (Å²) >= 11 is 3.30. The molecule has 92 valence electrons. The zero-order valence-electron chi connectivity index (χ0n) is 9.96. The largest absolute Gasteiger partial charge is 0.463 e. The molecule has 0 saturated heterocycles. The lowest BCUT2D eigenvalue weighted by molar-refractivity contribution is -0.165. The van der Waals surface area contributed by atoms with Crippen molar-refractivity contribution in [2.45, 2.75) is 39.2 Å². The minimum absolute atomic E-state index is 0.339. The molecule has 1 rings (SSSR count). The highest BCUT2D eigenvalue weighted by Gasteiger charge is 2.47. The summed E-state index contributed by atoms with van der Waals surface area (Å²) in [6.07, 6.45) is 1.51. The number of ether oxygens (including phenoxy) is 1. The van der Waals surface area contributed by atoms with E-state index in [1.54, 1.807) is 6.92 Å². The van der Waals surface area contributed by atoms with E-state index >= 15 is 0 Å². The predicted octanol–water partition coefficient (Wildman–Crippen LogP) is 2.51. The van der Waals surface area contributed by atoms with Crippen LogP contribution in [0.1, 0.15) is 33.6 Å². The van der Waals surface area contributed by atoms with E-state index in [4.69, 9.17) is 9.57 Å². The van der Waals surface area contributed by atoms with Crippen LogP contribution in [-0.2, 0) is 14.4 Å². The van der Waals surface area contributed by atoms with E-state index in [0.29, 0.717) is 24.3 Å². The number of carbonyl (C=O) groups is 1. The summed E-state index contributed by atoms with van der Waals surface area (Å²) in [6.45, 7) is 6.31. The number of hydrogen-bond donors (Lipinski definition) is 0. The third kappa shape index (κ3) is 2.56. The van der Waals surface area contributed by atoms with Crippen LogP contribution < -0.4 is 0 Å². The first kappa shape index (κ1) is 13.5. The number of nitrogens with zero attached hydrogens (tertiary/aromatic N) is 1. The number of alkyl halides is 1. The van der Waals surface area contributed by atoms with Crippen LogP contribution in [0.5, 0.6) is 0 Å². The molecule has 0 amide bonds. The molecule has 4 nitrogen and oxygen atoms in total. The van der Waals surface area contributed by atoms with E-state index in [0.717, 1.165) is 12.1 Å². The number of hydrogen-bond acceptors (Lipinski definition) is 4. The molecule has 2 unspecified atom stereocenters. The second-order valence-corrected chi connectivity index (χ2v) is 4.57. The molecule has 16 heavy (non-hydrogen) atoms. The number of carbonyl (C=O) groups excluding carboxylic acids is 1. The molecule has 0 N–H and O–H groups in total. The Kier molecular flexibility index (Phi) is 4.77. The molecule has 0 fully saturated rings. The molecule has 1 heterocycles. The molecule has 1 aliphatic rings. The normalized spacial score (nSPS) is 25.9. The summed E-state index contributed by atoms with van der Waals surface area (Å²) in [6, 6.07) is 0. The van der Waals surface area contributed by atoms with Gasteiger partial charge in [-0.2, -0.15) is 0 Å². The highest BCUT2D eigenvalue weighted by molar-refractivity contribution is 9.09. The Bertz CT molecular complexity index is 293. The van der Waals surface area contributed by atoms with Crippen molar-refractivity contribution in [3.63, 3.8) is 0 Å². The van der Waals surface area contributed by atoms with Crippen molar-refractivity contribution < 1.29 is 14.4 Å². The van der Waals surface area contributed by atoms with Crippen molar-refractivity contribution in [2.75, 3.05) is 11.9 Å². The lowest BCUT2D eigenvalue weighted by atomic mass is 9.92. The van der Waals surface area contributed by atoms with E-state index in [2.05, 4.69) is 34.9 Å². The third-order valence-corrected chi connectivity index (χ3v) is 3.75. The summed E-state index contributed by atoms with van der Waals surface area (Å²) in [5.74, 6) is 0.00396. The Hall–Kier alpha value is -0.580. The molecular formula is C11H18BrNO3. The first-order valence-electron chi connectivity index (χ1n) is 5.57. The Morgan fingerprint density at radius 3 is 2.88 bits per heavy atom. The summed E-state index contributed by atoms with van der Waals surface area (Å²) < 4.78 is 5.01. The Labute approximate surface area is 104 Å². The van der Waals surface area contributed by atoms with Gasteiger partial charge in [-0.15, -0.1) is 0 Å². The SMILES string of the molecule is CCOC(=O)C1(CBr)CC(C(C)CC)=NO1. The van der Waals surface area contributed by atoms with Crippen molar-refractivity contribution in [3.8, 4) is 0 Å². The van der Waals surface area contributed by atoms with Gasteiger partial charge in [-0.1, -0.05) is 34.9 Å². The zero-order chi connectivity index (χ0) is 12.2. The van der Waals surface area contributed by atoms with Gasteiger partial charge in [0, 0.05) is 6.42 Å². The Morgan fingerprint density at radius 2 is 2.38 bits per heavy atom. The van der Waals surface area contributed by atoms with Crippen LogP contribution in [0, 0.1) is 5.92 Å². The predicted molar refractivity (Wildman–Crippen MR) is 65.8 cm³/mol. The fourth-order valence-corrected chi connectivity index (χ4v) is 2.03. The molecule has 5 heteroatoms. The number of oxime groups is 1. The van der Waals surface area contributed by atoms with E-state index in [1.807, 2.05) is 0 Å². The molecular weight excluding hydrogens is 274 g/mol. The van der Waals surface area contributed by atoms with Gasteiger partial charge in [-0.05, 0) is 19.3 Å². The van der Waals surface area contributed by atoms with Gasteiger partial charge in [0.25, 0.3) is 0 Å². The van der Waals surface area contributed by atoms with Crippen LogP contribution in [0.25, 0.3) is 0 Å². The lowest BCUT2D eigenvalue weighted by Gasteiger charge is -2.21. The average Bonchev–Trinajstić information content (AvgIpc) is 2.74. The zero-order valence-corrected chi connectivity index (χ0v) is 11.5. The van der Waals surface area contributed by atoms with Gasteiger partial charge in [-0.3, -0.25) is 0 Å².